The average molecular weight is 373 g/mol. The zero-order valence-electron chi connectivity index (χ0n) is 15.6. The number of hydrogen-bond acceptors (Lipinski definition) is 2. The van der Waals surface area contributed by atoms with Gasteiger partial charge >= 0.3 is 0 Å². The highest BCUT2D eigenvalue weighted by Crippen LogP contribution is 2.42. The maximum absolute atomic E-state index is 14.2. The van der Waals surface area contributed by atoms with Crippen LogP contribution in [-0.2, 0) is 9.22 Å². The number of carbonyl (C=O) groups excluding carboxylic acids is 1. The fourth-order valence-electron chi connectivity index (χ4n) is 3.06. The molecular formula is C19H27F3O2Si. The summed E-state index contributed by atoms with van der Waals surface area (Å²) in [6.07, 6.45) is 0.799. The highest BCUT2D eigenvalue weighted by molar-refractivity contribution is 6.74. The van der Waals surface area contributed by atoms with Gasteiger partial charge in [-0.15, -0.1) is 0 Å². The van der Waals surface area contributed by atoms with Crippen LogP contribution in [0.15, 0.2) is 12.1 Å². The molecule has 1 fully saturated rings. The van der Waals surface area contributed by atoms with E-state index in [0.29, 0.717) is 6.42 Å². The van der Waals surface area contributed by atoms with E-state index in [2.05, 4.69) is 33.9 Å². The summed E-state index contributed by atoms with van der Waals surface area (Å²) in [7, 11) is -2.05. The molecule has 2 nitrogen and oxygen atoms in total. The Hall–Kier alpha value is -1.14. The summed E-state index contributed by atoms with van der Waals surface area (Å²) in [6, 6.07) is 1.75. The Labute approximate surface area is 148 Å². The van der Waals surface area contributed by atoms with Crippen LogP contribution in [0, 0.1) is 23.4 Å². The number of rotatable bonds is 4. The van der Waals surface area contributed by atoms with Crippen molar-refractivity contribution in [3.63, 3.8) is 0 Å². The van der Waals surface area contributed by atoms with Gasteiger partial charge in [0.2, 0.25) is 0 Å². The summed E-state index contributed by atoms with van der Waals surface area (Å²) in [6.45, 7) is 10.8. The molecule has 6 heteroatoms. The minimum absolute atomic E-state index is 0.00345. The Morgan fingerprint density at radius 3 is 2.36 bits per heavy atom. The number of ketones is 1. The van der Waals surface area contributed by atoms with Crippen LogP contribution < -0.4 is 0 Å². The van der Waals surface area contributed by atoms with Crippen molar-refractivity contribution in [1.29, 1.82) is 0 Å². The third kappa shape index (κ3) is 4.34. The van der Waals surface area contributed by atoms with Crippen LogP contribution in [0.25, 0.3) is 0 Å². The molecule has 1 saturated carbocycles. The largest absolute Gasteiger partial charge is 0.417 e. The highest BCUT2D eigenvalue weighted by atomic mass is 28.4. The van der Waals surface area contributed by atoms with Crippen LogP contribution in [0.4, 0.5) is 13.2 Å². The van der Waals surface area contributed by atoms with Crippen molar-refractivity contribution < 1.29 is 22.4 Å². The summed E-state index contributed by atoms with van der Waals surface area (Å²) in [4.78, 5) is 11.9. The van der Waals surface area contributed by atoms with Gasteiger partial charge < -0.3 is 4.43 Å². The van der Waals surface area contributed by atoms with E-state index in [9.17, 15) is 18.0 Å². The molecule has 140 valence electrons. The maximum atomic E-state index is 14.2. The lowest BCUT2D eigenvalue weighted by Crippen LogP contribution is -2.43. The molecule has 0 spiro atoms. The van der Waals surface area contributed by atoms with E-state index in [1.807, 2.05) is 0 Å². The van der Waals surface area contributed by atoms with Crippen LogP contribution in [0.3, 0.4) is 0 Å². The molecule has 1 aliphatic carbocycles. The lowest BCUT2D eigenvalue weighted by molar-refractivity contribution is -0.122. The summed E-state index contributed by atoms with van der Waals surface area (Å²) in [5.74, 6) is -3.76. The number of halogens is 3. The smallest absolute Gasteiger partial charge is 0.191 e. The van der Waals surface area contributed by atoms with Crippen LogP contribution in [0.5, 0.6) is 0 Å². The predicted octanol–water partition coefficient (Wildman–Crippen LogP) is 5.58. The molecule has 0 heterocycles. The van der Waals surface area contributed by atoms with E-state index in [1.165, 1.54) is 0 Å². The topological polar surface area (TPSA) is 26.3 Å². The fraction of sp³-hybridized carbons (Fsp3) is 0.632. The van der Waals surface area contributed by atoms with E-state index >= 15 is 0 Å². The van der Waals surface area contributed by atoms with E-state index in [4.69, 9.17) is 4.43 Å². The summed E-state index contributed by atoms with van der Waals surface area (Å²) < 4.78 is 48.3. The third-order valence-electron chi connectivity index (χ3n) is 5.71. The van der Waals surface area contributed by atoms with Crippen LogP contribution in [-0.4, -0.2) is 20.7 Å². The van der Waals surface area contributed by atoms with Gasteiger partial charge in [-0.1, -0.05) is 20.8 Å². The van der Waals surface area contributed by atoms with E-state index in [0.717, 1.165) is 12.1 Å². The van der Waals surface area contributed by atoms with Gasteiger partial charge in [0.1, 0.15) is 11.6 Å². The first-order chi connectivity index (χ1) is 11.4. The van der Waals surface area contributed by atoms with Gasteiger partial charge in [-0.2, -0.15) is 0 Å². The van der Waals surface area contributed by atoms with Gasteiger partial charge in [0.05, 0.1) is 0 Å². The highest BCUT2D eigenvalue weighted by Gasteiger charge is 2.40. The first-order valence-corrected chi connectivity index (χ1v) is 11.6. The summed E-state index contributed by atoms with van der Waals surface area (Å²) >= 11 is 0. The lowest BCUT2D eigenvalue weighted by atomic mass is 9.75. The van der Waals surface area contributed by atoms with E-state index in [1.54, 1.807) is 0 Å². The Bertz CT molecular complexity index is 653. The molecule has 0 saturated heterocycles. The monoisotopic (exact) mass is 372 g/mol. The average Bonchev–Trinajstić information content (AvgIpc) is 2.50. The molecule has 0 bridgehead atoms. The second kappa shape index (κ2) is 7.23. The summed E-state index contributed by atoms with van der Waals surface area (Å²) in [5, 5.41) is -0.00345. The molecule has 2 atom stereocenters. The molecule has 0 N–H and O–H groups in total. The number of benzene rings is 1. The number of hydrogen-bond donors (Lipinski definition) is 0. The Morgan fingerprint density at radius 1 is 1.16 bits per heavy atom. The van der Waals surface area contributed by atoms with Gasteiger partial charge in [0.15, 0.2) is 20.0 Å². The van der Waals surface area contributed by atoms with Crippen molar-refractivity contribution in [2.45, 2.75) is 64.1 Å². The van der Waals surface area contributed by atoms with Crippen molar-refractivity contribution in [1.82, 2.24) is 0 Å². The Kier molecular flexibility index (Phi) is 5.84. The molecule has 25 heavy (non-hydrogen) atoms. The second-order valence-electron chi connectivity index (χ2n) is 8.48. The maximum Gasteiger partial charge on any atom is 0.191 e. The minimum atomic E-state index is -2.05. The van der Waals surface area contributed by atoms with Crippen LogP contribution in [0.1, 0.15) is 51.5 Å². The molecule has 1 aromatic carbocycles. The molecule has 0 unspecified atom stereocenters. The van der Waals surface area contributed by atoms with Gasteiger partial charge in [-0.3, -0.25) is 4.79 Å². The molecule has 1 aliphatic rings. The molecule has 0 radical (unpaired) electrons. The fourth-order valence-corrected chi connectivity index (χ4v) is 4.12. The van der Waals surface area contributed by atoms with Crippen LogP contribution >= 0.6 is 0 Å². The molecule has 0 aliphatic heterocycles. The molecular weight excluding hydrogens is 345 g/mol. The van der Waals surface area contributed by atoms with Gasteiger partial charge in [-0.25, -0.2) is 13.2 Å². The Morgan fingerprint density at radius 2 is 1.76 bits per heavy atom. The molecule has 2 rings (SSSR count). The van der Waals surface area contributed by atoms with Crippen molar-refractivity contribution in [3.8, 4) is 0 Å². The Balaban J connectivity index is 2.28. The zero-order chi connectivity index (χ0) is 19.0. The molecule has 0 amide bonds. The minimum Gasteiger partial charge on any atom is -0.417 e. The quantitative estimate of drug-likeness (QED) is 0.509. The van der Waals surface area contributed by atoms with Gasteiger partial charge in [0.25, 0.3) is 0 Å². The third-order valence-corrected chi connectivity index (χ3v) is 10.2. The first-order valence-electron chi connectivity index (χ1n) is 8.73. The van der Waals surface area contributed by atoms with Crippen molar-refractivity contribution in [2.75, 3.05) is 6.61 Å². The predicted molar refractivity (Wildman–Crippen MR) is 94.6 cm³/mol. The van der Waals surface area contributed by atoms with Crippen molar-refractivity contribution >= 4 is 14.1 Å². The van der Waals surface area contributed by atoms with Crippen molar-refractivity contribution in [2.24, 2.45) is 5.92 Å². The standard InChI is InChI=1S/C19H27F3O2Si/c1-19(2,3)25(4,5)24-11-12-10-13(23)6-7-14(12)17-15(20)8-9-16(21)18(17)22/h8-9,12,14H,6-7,10-11H2,1-5H3/t12-,14-/m0/s1. The van der Waals surface area contributed by atoms with Gasteiger partial charge in [-0.05, 0) is 48.5 Å². The van der Waals surface area contributed by atoms with Crippen molar-refractivity contribution in [3.05, 3.63) is 35.1 Å². The first kappa shape index (κ1) is 20.2. The van der Waals surface area contributed by atoms with Gasteiger partial charge in [0, 0.05) is 25.0 Å². The SMILES string of the molecule is CC(C)(C)[Si](C)(C)OC[C@@H]1CC(=O)CC[C@@H]1c1c(F)ccc(F)c1F. The lowest BCUT2D eigenvalue weighted by Gasteiger charge is -2.39. The van der Waals surface area contributed by atoms with Crippen LogP contribution in [0.2, 0.25) is 18.1 Å². The normalized spacial score (nSPS) is 22.3. The second-order valence-corrected chi connectivity index (χ2v) is 13.3. The summed E-state index contributed by atoms with van der Waals surface area (Å²) in [5.41, 5.74) is -0.240. The van der Waals surface area contributed by atoms with E-state index < -0.39 is 31.7 Å². The number of Topliss-reactive ketones (excluding diaryl/α,β-unsaturated/α-hetero) is 1. The zero-order valence-corrected chi connectivity index (χ0v) is 16.6. The number of carbonyl (C=O) groups is 1. The molecule has 1 aromatic rings. The van der Waals surface area contributed by atoms with E-state index in [-0.39, 0.29) is 41.8 Å². The molecule has 0 aromatic heterocycles.